The lowest BCUT2D eigenvalue weighted by Crippen LogP contribution is -2.44. The van der Waals surface area contributed by atoms with Crippen molar-refractivity contribution in [3.05, 3.63) is 43.0 Å². The molecular formula is C18H21N5. The van der Waals surface area contributed by atoms with Crippen molar-refractivity contribution in [2.45, 2.75) is 18.9 Å². The molecule has 0 unspecified atom stereocenters. The molecule has 2 N–H and O–H groups in total. The van der Waals surface area contributed by atoms with Crippen LogP contribution in [-0.4, -0.2) is 41.1 Å². The number of nitrogens with one attached hydrogen (secondary N) is 2. The highest BCUT2D eigenvalue weighted by molar-refractivity contribution is 6.02. The van der Waals surface area contributed by atoms with Gasteiger partial charge in [0.05, 0.1) is 0 Å². The van der Waals surface area contributed by atoms with Crippen LogP contribution in [0.4, 0.5) is 5.69 Å². The van der Waals surface area contributed by atoms with Crippen molar-refractivity contribution in [1.29, 1.82) is 0 Å². The Balaban J connectivity index is 1.82. The van der Waals surface area contributed by atoms with E-state index in [-0.39, 0.29) is 0 Å². The molecule has 0 saturated carbocycles. The molecule has 4 rings (SSSR count). The molecule has 0 aliphatic carbocycles. The summed E-state index contributed by atoms with van der Waals surface area (Å²) < 4.78 is 0. The number of rotatable bonds is 3. The van der Waals surface area contributed by atoms with Crippen LogP contribution in [0.3, 0.4) is 0 Å². The van der Waals surface area contributed by atoms with E-state index in [0.29, 0.717) is 6.04 Å². The van der Waals surface area contributed by atoms with Gasteiger partial charge in [-0.2, -0.15) is 0 Å². The average molecular weight is 307 g/mol. The van der Waals surface area contributed by atoms with Gasteiger partial charge in [-0.3, -0.25) is 4.98 Å². The molecule has 0 spiro atoms. The van der Waals surface area contributed by atoms with Crippen LogP contribution in [0.1, 0.15) is 12.8 Å². The summed E-state index contributed by atoms with van der Waals surface area (Å²) in [6.45, 7) is 2.13. The molecule has 118 valence electrons. The molecule has 4 heterocycles. The van der Waals surface area contributed by atoms with Crippen molar-refractivity contribution >= 4 is 16.7 Å². The minimum atomic E-state index is 0.549. The van der Waals surface area contributed by atoms with E-state index in [1.165, 1.54) is 29.5 Å². The highest BCUT2D eigenvalue weighted by atomic mass is 15.2. The first kappa shape index (κ1) is 14.2. The van der Waals surface area contributed by atoms with E-state index in [4.69, 9.17) is 0 Å². The summed E-state index contributed by atoms with van der Waals surface area (Å²) in [5, 5.41) is 4.61. The Hall–Kier alpha value is -2.40. The summed E-state index contributed by atoms with van der Waals surface area (Å²) >= 11 is 0. The molecule has 1 fully saturated rings. The number of hydrogen-bond donors (Lipinski definition) is 2. The number of hydrogen-bond acceptors (Lipinski definition) is 4. The second kappa shape index (κ2) is 6.01. The summed E-state index contributed by atoms with van der Waals surface area (Å²) in [5.74, 6) is 0. The van der Waals surface area contributed by atoms with Crippen molar-refractivity contribution in [2.24, 2.45) is 0 Å². The molecule has 23 heavy (non-hydrogen) atoms. The van der Waals surface area contributed by atoms with Gasteiger partial charge in [-0.15, -0.1) is 0 Å². The first-order chi connectivity index (χ1) is 11.4. The van der Waals surface area contributed by atoms with Crippen molar-refractivity contribution in [3.63, 3.8) is 0 Å². The van der Waals surface area contributed by atoms with Crippen molar-refractivity contribution in [3.8, 4) is 11.1 Å². The van der Waals surface area contributed by atoms with Crippen LogP contribution in [0.25, 0.3) is 22.2 Å². The van der Waals surface area contributed by atoms with Crippen LogP contribution >= 0.6 is 0 Å². The minimum Gasteiger partial charge on any atom is -0.369 e. The highest BCUT2D eigenvalue weighted by Crippen LogP contribution is 2.35. The minimum absolute atomic E-state index is 0.549. The van der Waals surface area contributed by atoms with E-state index in [0.717, 1.165) is 24.3 Å². The van der Waals surface area contributed by atoms with Gasteiger partial charge in [0.25, 0.3) is 0 Å². The van der Waals surface area contributed by atoms with Gasteiger partial charge in [-0.1, -0.05) is 6.07 Å². The third-order valence-electron chi connectivity index (χ3n) is 4.69. The normalized spacial score (nSPS) is 18.5. The van der Waals surface area contributed by atoms with E-state index in [9.17, 15) is 0 Å². The van der Waals surface area contributed by atoms with E-state index in [1.807, 2.05) is 31.7 Å². The number of nitrogens with zero attached hydrogens (tertiary/aromatic N) is 3. The quantitative estimate of drug-likeness (QED) is 0.781. The number of fused-ring (bicyclic) bond motifs is 1. The molecule has 5 heteroatoms. The van der Waals surface area contributed by atoms with Gasteiger partial charge in [-0.25, -0.2) is 4.98 Å². The van der Waals surface area contributed by atoms with Gasteiger partial charge in [0.15, 0.2) is 0 Å². The SMILES string of the molecule is CN[C@H]1CCCN(c2ccnc3[nH]cc(-c4cccnc4)c23)C1. The maximum Gasteiger partial charge on any atom is 0.139 e. The third kappa shape index (κ3) is 2.57. The zero-order valence-electron chi connectivity index (χ0n) is 13.3. The topological polar surface area (TPSA) is 56.8 Å². The Morgan fingerprint density at radius 2 is 2.26 bits per heavy atom. The number of likely N-dealkylation sites (N-methyl/N-ethyl adjacent to an activating group) is 1. The first-order valence-corrected chi connectivity index (χ1v) is 8.15. The maximum atomic E-state index is 4.50. The van der Waals surface area contributed by atoms with Crippen LogP contribution in [0.2, 0.25) is 0 Å². The first-order valence-electron chi connectivity index (χ1n) is 8.15. The molecule has 1 atom stereocenters. The van der Waals surface area contributed by atoms with Crippen molar-refractivity contribution in [1.82, 2.24) is 20.3 Å². The van der Waals surface area contributed by atoms with E-state index >= 15 is 0 Å². The monoisotopic (exact) mass is 307 g/mol. The number of aromatic amines is 1. The number of pyridine rings is 2. The Labute approximate surface area is 135 Å². The Bertz CT molecular complexity index is 796. The highest BCUT2D eigenvalue weighted by Gasteiger charge is 2.22. The fourth-order valence-electron chi connectivity index (χ4n) is 3.48. The number of anilines is 1. The Morgan fingerprint density at radius 3 is 3.09 bits per heavy atom. The van der Waals surface area contributed by atoms with Gasteiger partial charge in [0.1, 0.15) is 5.65 Å². The predicted molar refractivity (Wildman–Crippen MR) is 93.6 cm³/mol. The molecular weight excluding hydrogens is 286 g/mol. The molecule has 3 aromatic heterocycles. The molecule has 5 nitrogen and oxygen atoms in total. The van der Waals surface area contributed by atoms with Crippen LogP contribution in [0, 0.1) is 0 Å². The zero-order valence-corrected chi connectivity index (χ0v) is 13.3. The lowest BCUT2D eigenvalue weighted by molar-refractivity contribution is 0.450. The molecule has 0 aromatic carbocycles. The van der Waals surface area contributed by atoms with Crippen LogP contribution in [0.5, 0.6) is 0 Å². The zero-order chi connectivity index (χ0) is 15.6. The molecule has 0 radical (unpaired) electrons. The van der Waals surface area contributed by atoms with Crippen molar-refractivity contribution < 1.29 is 0 Å². The van der Waals surface area contributed by atoms with E-state index in [1.54, 1.807) is 6.20 Å². The Kier molecular flexibility index (Phi) is 3.71. The predicted octanol–water partition coefficient (Wildman–Crippen LogP) is 2.81. The fourth-order valence-corrected chi connectivity index (χ4v) is 3.48. The van der Waals surface area contributed by atoms with Gasteiger partial charge in [-0.05, 0) is 32.0 Å². The Morgan fingerprint density at radius 1 is 1.30 bits per heavy atom. The maximum absolute atomic E-state index is 4.50. The fraction of sp³-hybridized carbons (Fsp3) is 0.333. The molecule has 0 bridgehead atoms. The van der Waals surface area contributed by atoms with E-state index < -0.39 is 0 Å². The van der Waals surface area contributed by atoms with E-state index in [2.05, 4.69) is 37.3 Å². The van der Waals surface area contributed by atoms with Crippen LogP contribution < -0.4 is 10.2 Å². The standard InChI is InChI=1S/C18H21N5/c1-19-14-5-3-9-23(12-14)16-6-8-21-18-17(16)15(11-22-18)13-4-2-7-20-10-13/h2,4,6-8,10-11,14,19H,3,5,9,12H2,1H3,(H,21,22)/t14-/m0/s1. The summed E-state index contributed by atoms with van der Waals surface area (Å²) in [6.07, 6.45) is 10.1. The summed E-state index contributed by atoms with van der Waals surface area (Å²) in [7, 11) is 2.05. The summed E-state index contributed by atoms with van der Waals surface area (Å²) in [4.78, 5) is 14.5. The van der Waals surface area contributed by atoms with Gasteiger partial charge in [0.2, 0.25) is 0 Å². The van der Waals surface area contributed by atoms with Crippen LogP contribution in [-0.2, 0) is 0 Å². The van der Waals surface area contributed by atoms with Gasteiger partial charge in [0, 0.05) is 66.1 Å². The number of aromatic nitrogens is 3. The molecule has 0 amide bonds. The number of piperidine rings is 1. The average Bonchev–Trinajstić information content (AvgIpc) is 3.06. The van der Waals surface area contributed by atoms with Crippen molar-refractivity contribution in [2.75, 3.05) is 25.0 Å². The largest absolute Gasteiger partial charge is 0.369 e. The van der Waals surface area contributed by atoms with Gasteiger partial charge >= 0.3 is 0 Å². The summed E-state index contributed by atoms with van der Waals surface area (Å²) in [5.41, 5.74) is 4.49. The molecule has 3 aromatic rings. The van der Waals surface area contributed by atoms with Gasteiger partial charge < -0.3 is 15.2 Å². The lowest BCUT2D eigenvalue weighted by Gasteiger charge is -2.34. The summed E-state index contributed by atoms with van der Waals surface area (Å²) in [6, 6.07) is 6.75. The second-order valence-electron chi connectivity index (χ2n) is 6.07. The molecule has 1 aliphatic heterocycles. The third-order valence-corrected chi connectivity index (χ3v) is 4.69. The van der Waals surface area contributed by atoms with Crippen LogP contribution in [0.15, 0.2) is 43.0 Å². The lowest BCUT2D eigenvalue weighted by atomic mass is 10.0. The smallest absolute Gasteiger partial charge is 0.139 e. The second-order valence-corrected chi connectivity index (χ2v) is 6.07. The number of H-pyrrole nitrogens is 1. The molecule has 1 aliphatic rings. The molecule has 1 saturated heterocycles.